The number of fused-ring (bicyclic) bond motifs is 1. The minimum Gasteiger partial charge on any atom is -0.480 e. The second kappa shape index (κ2) is 12.3. The third-order valence-corrected chi connectivity index (χ3v) is 6.28. The molecule has 10 heteroatoms. The molecule has 2 rings (SSSR count). The minimum atomic E-state index is -1.19. The fourth-order valence-electron chi connectivity index (χ4n) is 3.64. The molecule has 0 aliphatic carbocycles. The van der Waals surface area contributed by atoms with Crippen molar-refractivity contribution in [2.75, 3.05) is 0 Å². The Morgan fingerprint density at radius 1 is 0.971 bits per heavy atom. The molecular formula is C25H37N5O5. The van der Waals surface area contributed by atoms with Crippen LogP contribution in [-0.4, -0.2) is 57.9 Å². The van der Waals surface area contributed by atoms with Crippen LogP contribution in [0, 0.1) is 11.8 Å². The van der Waals surface area contributed by atoms with E-state index in [0.717, 1.165) is 16.5 Å². The minimum absolute atomic E-state index is 0.0752. The van der Waals surface area contributed by atoms with Crippen molar-refractivity contribution in [1.82, 2.24) is 20.9 Å². The third-order valence-electron chi connectivity index (χ3n) is 6.28. The highest BCUT2D eigenvalue weighted by atomic mass is 16.4. The van der Waals surface area contributed by atoms with Gasteiger partial charge in [0.15, 0.2) is 0 Å². The average Bonchev–Trinajstić information content (AvgIpc) is 3.23. The first-order valence-electron chi connectivity index (χ1n) is 11.9. The Labute approximate surface area is 205 Å². The van der Waals surface area contributed by atoms with Crippen molar-refractivity contribution in [2.45, 2.75) is 71.6 Å². The molecule has 0 spiro atoms. The molecule has 0 saturated carbocycles. The summed E-state index contributed by atoms with van der Waals surface area (Å²) in [7, 11) is 0. The van der Waals surface area contributed by atoms with Crippen LogP contribution in [0.4, 0.5) is 0 Å². The molecule has 0 fully saturated rings. The lowest BCUT2D eigenvalue weighted by Crippen LogP contribution is -2.58. The number of aromatic amines is 1. The lowest BCUT2D eigenvalue weighted by molar-refractivity contribution is -0.142. The summed E-state index contributed by atoms with van der Waals surface area (Å²) in [4.78, 5) is 53.2. The maximum absolute atomic E-state index is 13.1. The number of carbonyl (C=O) groups is 4. The molecule has 0 saturated heterocycles. The monoisotopic (exact) mass is 487 g/mol. The predicted octanol–water partition coefficient (Wildman–Crippen LogP) is 1.30. The Balaban J connectivity index is 2.12. The fourth-order valence-corrected chi connectivity index (χ4v) is 3.64. The molecular weight excluding hydrogens is 450 g/mol. The van der Waals surface area contributed by atoms with E-state index >= 15 is 0 Å². The third kappa shape index (κ3) is 7.29. The molecule has 0 bridgehead atoms. The molecule has 1 aromatic heterocycles. The molecule has 1 heterocycles. The van der Waals surface area contributed by atoms with Crippen molar-refractivity contribution < 1.29 is 24.3 Å². The molecule has 192 valence electrons. The highest BCUT2D eigenvalue weighted by molar-refractivity contribution is 5.94. The van der Waals surface area contributed by atoms with Gasteiger partial charge >= 0.3 is 5.97 Å². The number of carboxylic acid groups (broad SMARTS) is 1. The molecule has 0 aliphatic rings. The predicted molar refractivity (Wildman–Crippen MR) is 133 cm³/mol. The number of carboxylic acids is 1. The second-order valence-electron chi connectivity index (χ2n) is 9.33. The smallest absolute Gasteiger partial charge is 0.326 e. The maximum atomic E-state index is 13.1. The van der Waals surface area contributed by atoms with Crippen LogP contribution in [0.15, 0.2) is 30.5 Å². The molecule has 5 unspecified atom stereocenters. The zero-order valence-electron chi connectivity index (χ0n) is 20.9. The van der Waals surface area contributed by atoms with Crippen LogP contribution < -0.4 is 21.7 Å². The summed E-state index contributed by atoms with van der Waals surface area (Å²) < 4.78 is 0. The van der Waals surface area contributed by atoms with E-state index < -0.39 is 47.9 Å². The molecule has 10 nitrogen and oxygen atoms in total. The summed E-state index contributed by atoms with van der Waals surface area (Å²) in [6.07, 6.45) is 2.37. The first-order valence-corrected chi connectivity index (χ1v) is 11.9. The van der Waals surface area contributed by atoms with E-state index in [0.29, 0.717) is 6.42 Å². The molecule has 7 N–H and O–H groups in total. The Bertz CT molecular complexity index is 1050. The fraction of sp³-hybridized carbons (Fsp3) is 0.520. The summed E-state index contributed by atoms with van der Waals surface area (Å²) in [5, 5.41) is 18.5. The van der Waals surface area contributed by atoms with E-state index in [1.54, 1.807) is 27.0 Å². The number of benzene rings is 1. The van der Waals surface area contributed by atoms with Crippen molar-refractivity contribution >= 4 is 34.6 Å². The van der Waals surface area contributed by atoms with Crippen LogP contribution >= 0.6 is 0 Å². The number of carbonyl (C=O) groups excluding carboxylic acids is 3. The Kier molecular flexibility index (Phi) is 9.82. The molecule has 0 radical (unpaired) electrons. The van der Waals surface area contributed by atoms with Gasteiger partial charge in [-0.05, 0) is 30.4 Å². The summed E-state index contributed by atoms with van der Waals surface area (Å²) in [5.74, 6) is -3.18. The standard InChI is InChI=1S/C25H37N5O5/c1-6-14(4)21(30-22(31)15(5)28-23(32)20(26)13(2)3)24(33)29-19(25(34)35)11-16-12-27-18-10-8-7-9-17(16)18/h7-10,12-15,19-21,27H,6,11,26H2,1-5H3,(H,28,32)(H,29,33)(H,30,31)(H,34,35). The van der Waals surface area contributed by atoms with Gasteiger partial charge in [-0.1, -0.05) is 52.3 Å². The number of aromatic nitrogens is 1. The number of hydrogen-bond acceptors (Lipinski definition) is 5. The van der Waals surface area contributed by atoms with Gasteiger partial charge in [-0.25, -0.2) is 4.79 Å². The largest absolute Gasteiger partial charge is 0.480 e. The second-order valence-corrected chi connectivity index (χ2v) is 9.33. The Morgan fingerprint density at radius 2 is 1.63 bits per heavy atom. The topological polar surface area (TPSA) is 166 Å². The highest BCUT2D eigenvalue weighted by Crippen LogP contribution is 2.19. The number of aliphatic carboxylic acids is 1. The number of H-pyrrole nitrogens is 1. The van der Waals surface area contributed by atoms with Gasteiger partial charge in [0.2, 0.25) is 17.7 Å². The molecule has 3 amide bonds. The lowest BCUT2D eigenvalue weighted by atomic mass is 9.97. The zero-order chi connectivity index (χ0) is 26.3. The Hall–Kier alpha value is -3.40. The van der Waals surface area contributed by atoms with Crippen LogP contribution in [0.2, 0.25) is 0 Å². The number of para-hydroxylation sites is 1. The van der Waals surface area contributed by atoms with E-state index in [2.05, 4.69) is 20.9 Å². The van der Waals surface area contributed by atoms with Gasteiger partial charge in [0, 0.05) is 23.5 Å². The first-order chi connectivity index (χ1) is 16.5. The molecule has 35 heavy (non-hydrogen) atoms. The average molecular weight is 488 g/mol. The van der Waals surface area contributed by atoms with E-state index in [1.807, 2.05) is 31.2 Å². The summed E-state index contributed by atoms with van der Waals surface area (Å²) in [6, 6.07) is 3.64. The number of amides is 3. The van der Waals surface area contributed by atoms with Crippen molar-refractivity contribution in [2.24, 2.45) is 17.6 Å². The molecule has 1 aromatic carbocycles. The van der Waals surface area contributed by atoms with Crippen LogP contribution in [-0.2, 0) is 25.6 Å². The van der Waals surface area contributed by atoms with Crippen molar-refractivity contribution in [1.29, 1.82) is 0 Å². The number of hydrogen-bond donors (Lipinski definition) is 6. The van der Waals surface area contributed by atoms with Crippen molar-refractivity contribution in [3.8, 4) is 0 Å². The van der Waals surface area contributed by atoms with E-state index in [1.165, 1.54) is 6.92 Å². The van der Waals surface area contributed by atoms with Crippen LogP contribution in [0.5, 0.6) is 0 Å². The van der Waals surface area contributed by atoms with Crippen LogP contribution in [0.3, 0.4) is 0 Å². The molecule has 0 aliphatic heterocycles. The number of nitrogens with one attached hydrogen (secondary N) is 4. The van der Waals surface area contributed by atoms with E-state index in [9.17, 15) is 24.3 Å². The van der Waals surface area contributed by atoms with Crippen molar-refractivity contribution in [3.05, 3.63) is 36.0 Å². The van der Waals surface area contributed by atoms with Crippen LogP contribution in [0.25, 0.3) is 10.9 Å². The number of rotatable bonds is 12. The van der Waals surface area contributed by atoms with Gasteiger partial charge < -0.3 is 31.8 Å². The normalized spacial score (nSPS) is 15.6. The first kappa shape index (κ1) is 27.8. The highest BCUT2D eigenvalue weighted by Gasteiger charge is 2.32. The van der Waals surface area contributed by atoms with Gasteiger partial charge in [-0.2, -0.15) is 0 Å². The van der Waals surface area contributed by atoms with E-state index in [4.69, 9.17) is 5.73 Å². The van der Waals surface area contributed by atoms with Gasteiger partial charge in [0.1, 0.15) is 18.1 Å². The maximum Gasteiger partial charge on any atom is 0.326 e. The van der Waals surface area contributed by atoms with Gasteiger partial charge in [0.25, 0.3) is 0 Å². The zero-order valence-corrected chi connectivity index (χ0v) is 20.9. The Morgan fingerprint density at radius 3 is 2.23 bits per heavy atom. The van der Waals surface area contributed by atoms with Gasteiger partial charge in [-0.3, -0.25) is 14.4 Å². The molecule has 2 aromatic rings. The van der Waals surface area contributed by atoms with Crippen molar-refractivity contribution in [3.63, 3.8) is 0 Å². The van der Waals surface area contributed by atoms with Gasteiger partial charge in [-0.15, -0.1) is 0 Å². The summed E-state index contributed by atoms with van der Waals surface area (Å²) in [6.45, 7) is 8.76. The summed E-state index contributed by atoms with van der Waals surface area (Å²) >= 11 is 0. The van der Waals surface area contributed by atoms with Crippen LogP contribution in [0.1, 0.15) is 46.6 Å². The lowest BCUT2D eigenvalue weighted by Gasteiger charge is -2.27. The number of nitrogens with two attached hydrogens (primary N) is 1. The molecule has 5 atom stereocenters. The summed E-state index contributed by atoms with van der Waals surface area (Å²) in [5.41, 5.74) is 7.47. The van der Waals surface area contributed by atoms with Gasteiger partial charge in [0.05, 0.1) is 6.04 Å². The SMILES string of the molecule is CCC(C)C(NC(=O)C(C)NC(=O)C(N)C(C)C)C(=O)NC(Cc1c[nH]c2ccccc12)C(=O)O. The quantitative estimate of drug-likeness (QED) is 0.264. The van der Waals surface area contributed by atoms with E-state index in [-0.39, 0.29) is 18.3 Å².